The number of carbonyl (C=O) groups is 2. The molecule has 0 saturated carbocycles. The smallest absolute Gasteiger partial charge is 0.261 e. The Hall–Kier alpha value is -3.12. The number of rotatable bonds is 10. The molecule has 0 fully saturated rings. The summed E-state index contributed by atoms with van der Waals surface area (Å²) in [6, 6.07) is 20.9. The Labute approximate surface area is 216 Å². The molecule has 0 aromatic heterocycles. The molecule has 184 valence electrons. The molecule has 35 heavy (non-hydrogen) atoms. The number of nitrogens with one attached hydrogen (secondary N) is 1. The van der Waals surface area contributed by atoms with Gasteiger partial charge in [-0.25, -0.2) is 0 Å². The summed E-state index contributed by atoms with van der Waals surface area (Å²) in [7, 11) is 0. The number of hydrogen-bond acceptors (Lipinski definition) is 3. The fourth-order valence-electron chi connectivity index (χ4n) is 3.95. The standard InChI is InChI=1S/C29H33BrN2O3/c1-5-31-29(34)26(17-23-9-7-6-8-10-23)32(18-24-13-11-20(2)12-14-24)27(33)19-35-25-15-21(3)28(30)22(4)16-25/h6-16,26H,5,17-19H2,1-4H3,(H,31,34)/t26-/m1/s1. The van der Waals surface area contributed by atoms with Crippen LogP contribution in [0.1, 0.15) is 34.7 Å². The van der Waals surface area contributed by atoms with Crippen molar-refractivity contribution in [2.75, 3.05) is 13.2 Å². The molecule has 5 nitrogen and oxygen atoms in total. The van der Waals surface area contributed by atoms with E-state index in [-0.39, 0.29) is 18.4 Å². The number of carbonyl (C=O) groups excluding carboxylic acids is 2. The number of amides is 2. The Kier molecular flexibility index (Phi) is 9.49. The van der Waals surface area contributed by atoms with Crippen molar-refractivity contribution in [3.8, 4) is 5.75 Å². The predicted molar refractivity (Wildman–Crippen MR) is 143 cm³/mol. The Morgan fingerprint density at radius 1 is 0.943 bits per heavy atom. The SMILES string of the molecule is CCNC(=O)[C@@H](Cc1ccccc1)N(Cc1ccc(C)cc1)C(=O)COc1cc(C)c(Br)c(C)c1. The van der Waals surface area contributed by atoms with Crippen molar-refractivity contribution >= 4 is 27.7 Å². The van der Waals surface area contributed by atoms with Crippen LogP contribution in [-0.4, -0.2) is 35.9 Å². The van der Waals surface area contributed by atoms with Crippen molar-refractivity contribution in [3.63, 3.8) is 0 Å². The maximum absolute atomic E-state index is 13.6. The minimum Gasteiger partial charge on any atom is -0.484 e. The van der Waals surface area contributed by atoms with E-state index in [0.29, 0.717) is 25.3 Å². The van der Waals surface area contributed by atoms with Crippen molar-refractivity contribution < 1.29 is 14.3 Å². The quantitative estimate of drug-likeness (QED) is 0.370. The van der Waals surface area contributed by atoms with Gasteiger partial charge in [-0.3, -0.25) is 9.59 Å². The van der Waals surface area contributed by atoms with Crippen LogP contribution in [0.4, 0.5) is 0 Å². The van der Waals surface area contributed by atoms with Crippen LogP contribution in [0.3, 0.4) is 0 Å². The number of likely N-dealkylation sites (N-methyl/N-ethyl adjacent to an activating group) is 1. The van der Waals surface area contributed by atoms with E-state index >= 15 is 0 Å². The molecular weight excluding hydrogens is 504 g/mol. The van der Waals surface area contributed by atoms with E-state index in [1.54, 1.807) is 4.90 Å². The third kappa shape index (κ3) is 7.43. The number of hydrogen-bond donors (Lipinski definition) is 1. The van der Waals surface area contributed by atoms with Gasteiger partial charge in [-0.2, -0.15) is 0 Å². The fourth-order valence-corrected chi connectivity index (χ4v) is 4.18. The number of benzene rings is 3. The second-order valence-corrected chi connectivity index (χ2v) is 9.56. The zero-order valence-electron chi connectivity index (χ0n) is 20.8. The summed E-state index contributed by atoms with van der Waals surface area (Å²) in [6.07, 6.45) is 0.417. The Morgan fingerprint density at radius 2 is 1.57 bits per heavy atom. The molecule has 0 radical (unpaired) electrons. The second kappa shape index (κ2) is 12.5. The van der Waals surface area contributed by atoms with Crippen LogP contribution in [0.25, 0.3) is 0 Å². The zero-order valence-corrected chi connectivity index (χ0v) is 22.4. The van der Waals surface area contributed by atoms with Gasteiger partial charge < -0.3 is 15.0 Å². The van der Waals surface area contributed by atoms with E-state index in [2.05, 4.69) is 21.2 Å². The van der Waals surface area contributed by atoms with E-state index in [1.165, 1.54) is 0 Å². The van der Waals surface area contributed by atoms with Crippen LogP contribution in [0, 0.1) is 20.8 Å². The van der Waals surface area contributed by atoms with E-state index in [1.807, 2.05) is 94.4 Å². The molecule has 2 amide bonds. The van der Waals surface area contributed by atoms with Crippen LogP contribution in [0.5, 0.6) is 5.75 Å². The van der Waals surface area contributed by atoms with Gasteiger partial charge in [0.25, 0.3) is 5.91 Å². The average molecular weight is 537 g/mol. The van der Waals surface area contributed by atoms with Gasteiger partial charge in [0.1, 0.15) is 11.8 Å². The van der Waals surface area contributed by atoms with Crippen molar-refractivity contribution in [2.45, 2.75) is 46.7 Å². The second-order valence-electron chi connectivity index (χ2n) is 8.77. The van der Waals surface area contributed by atoms with Crippen LogP contribution in [-0.2, 0) is 22.6 Å². The summed E-state index contributed by atoms with van der Waals surface area (Å²) < 4.78 is 6.94. The maximum Gasteiger partial charge on any atom is 0.261 e. The normalized spacial score (nSPS) is 11.6. The average Bonchev–Trinajstić information content (AvgIpc) is 2.85. The van der Waals surface area contributed by atoms with Gasteiger partial charge in [-0.15, -0.1) is 0 Å². The first kappa shape index (κ1) is 26.5. The lowest BCUT2D eigenvalue weighted by Crippen LogP contribution is -2.51. The summed E-state index contributed by atoms with van der Waals surface area (Å²) in [5.41, 5.74) is 5.16. The lowest BCUT2D eigenvalue weighted by atomic mass is 10.0. The van der Waals surface area contributed by atoms with Crippen LogP contribution >= 0.6 is 15.9 Å². The van der Waals surface area contributed by atoms with Crippen molar-refractivity contribution in [3.05, 3.63) is 99.0 Å². The number of ether oxygens (including phenoxy) is 1. The maximum atomic E-state index is 13.6. The lowest BCUT2D eigenvalue weighted by molar-refractivity contribution is -0.142. The Bertz CT molecular complexity index is 1120. The predicted octanol–water partition coefficient (Wildman–Crippen LogP) is 5.53. The summed E-state index contributed by atoms with van der Waals surface area (Å²) in [5, 5.41) is 2.91. The van der Waals surface area contributed by atoms with Gasteiger partial charge >= 0.3 is 0 Å². The summed E-state index contributed by atoms with van der Waals surface area (Å²) in [6.45, 7) is 8.53. The highest BCUT2D eigenvalue weighted by Gasteiger charge is 2.30. The third-order valence-electron chi connectivity index (χ3n) is 5.87. The monoisotopic (exact) mass is 536 g/mol. The highest BCUT2D eigenvalue weighted by molar-refractivity contribution is 9.10. The van der Waals surface area contributed by atoms with Gasteiger partial charge in [0, 0.05) is 24.0 Å². The number of nitrogens with zero attached hydrogens (tertiary/aromatic N) is 1. The number of aryl methyl sites for hydroxylation is 3. The van der Waals surface area contributed by atoms with E-state index < -0.39 is 6.04 Å². The molecule has 0 aliphatic carbocycles. The van der Waals surface area contributed by atoms with E-state index in [4.69, 9.17) is 4.74 Å². The molecule has 0 heterocycles. The van der Waals surface area contributed by atoms with Gasteiger partial charge in [0.15, 0.2) is 6.61 Å². The van der Waals surface area contributed by atoms with Gasteiger partial charge in [0.05, 0.1) is 0 Å². The van der Waals surface area contributed by atoms with Crippen molar-refractivity contribution in [1.82, 2.24) is 10.2 Å². The molecule has 0 saturated heterocycles. The third-order valence-corrected chi connectivity index (χ3v) is 7.12. The molecule has 0 spiro atoms. The van der Waals surface area contributed by atoms with Gasteiger partial charge in [0.2, 0.25) is 5.91 Å². The number of halogens is 1. The Morgan fingerprint density at radius 3 is 2.17 bits per heavy atom. The molecular formula is C29H33BrN2O3. The van der Waals surface area contributed by atoms with Crippen molar-refractivity contribution in [1.29, 1.82) is 0 Å². The van der Waals surface area contributed by atoms with E-state index in [9.17, 15) is 9.59 Å². The minimum absolute atomic E-state index is 0.156. The largest absolute Gasteiger partial charge is 0.484 e. The zero-order chi connectivity index (χ0) is 25.4. The highest BCUT2D eigenvalue weighted by atomic mass is 79.9. The first-order valence-corrected chi connectivity index (χ1v) is 12.6. The molecule has 3 aromatic rings. The highest BCUT2D eigenvalue weighted by Crippen LogP contribution is 2.26. The molecule has 3 aromatic carbocycles. The molecule has 3 rings (SSSR count). The molecule has 1 N–H and O–H groups in total. The lowest BCUT2D eigenvalue weighted by Gasteiger charge is -2.31. The molecule has 0 aliphatic rings. The summed E-state index contributed by atoms with van der Waals surface area (Å²) >= 11 is 3.56. The molecule has 0 aliphatic heterocycles. The fraction of sp³-hybridized carbons (Fsp3) is 0.310. The van der Waals surface area contributed by atoms with E-state index in [0.717, 1.165) is 32.3 Å². The van der Waals surface area contributed by atoms with Gasteiger partial charge in [-0.1, -0.05) is 76.1 Å². The van der Waals surface area contributed by atoms with Crippen LogP contribution in [0.2, 0.25) is 0 Å². The summed E-state index contributed by atoms with van der Waals surface area (Å²) in [5.74, 6) is 0.215. The molecule has 1 atom stereocenters. The van der Waals surface area contributed by atoms with Crippen LogP contribution in [0.15, 0.2) is 71.2 Å². The van der Waals surface area contributed by atoms with Gasteiger partial charge in [-0.05, 0) is 62.1 Å². The first-order chi connectivity index (χ1) is 16.8. The van der Waals surface area contributed by atoms with Crippen LogP contribution < -0.4 is 10.1 Å². The minimum atomic E-state index is -0.664. The summed E-state index contributed by atoms with van der Waals surface area (Å²) in [4.78, 5) is 28.4. The topological polar surface area (TPSA) is 58.6 Å². The van der Waals surface area contributed by atoms with Crippen molar-refractivity contribution in [2.24, 2.45) is 0 Å². The molecule has 0 bridgehead atoms. The Balaban J connectivity index is 1.89. The molecule has 6 heteroatoms. The molecule has 0 unspecified atom stereocenters. The first-order valence-electron chi connectivity index (χ1n) is 11.8.